The number of carbonyl (C=O) groups is 2. The standard InChI is InChI=1S/C31H35ClFN3O4S/c1-3-28(31(38)34-25-10-7-8-11-25)35(20-23-16-18-24(33)19-17-23)30(37)21-36(29-15-9-14-27(32)22(29)2)41(39,40)26-12-5-4-6-13-26/h4-6,9,12-19,25,28H,3,7-8,10-11,20-21H2,1-2H3,(H,34,38). The molecule has 1 saturated carbocycles. The molecule has 0 radical (unpaired) electrons. The molecule has 2 amide bonds. The summed E-state index contributed by atoms with van der Waals surface area (Å²) in [6, 6.07) is 17.6. The van der Waals surface area contributed by atoms with E-state index in [0.717, 1.165) is 30.0 Å². The molecule has 7 nitrogen and oxygen atoms in total. The average Bonchev–Trinajstić information content (AvgIpc) is 3.47. The molecule has 41 heavy (non-hydrogen) atoms. The van der Waals surface area contributed by atoms with Gasteiger partial charge in [-0.15, -0.1) is 0 Å². The quantitative estimate of drug-likeness (QED) is 0.300. The second-order valence-electron chi connectivity index (χ2n) is 10.3. The molecule has 1 unspecified atom stereocenters. The van der Waals surface area contributed by atoms with Gasteiger partial charge in [-0.05, 0) is 73.7 Å². The average molecular weight is 600 g/mol. The highest BCUT2D eigenvalue weighted by molar-refractivity contribution is 7.92. The molecule has 3 aromatic rings. The normalized spacial score (nSPS) is 14.4. The number of sulfonamides is 1. The van der Waals surface area contributed by atoms with Gasteiger partial charge in [-0.25, -0.2) is 12.8 Å². The van der Waals surface area contributed by atoms with Crippen LogP contribution in [0.4, 0.5) is 10.1 Å². The van der Waals surface area contributed by atoms with Crippen LogP contribution in [0.2, 0.25) is 5.02 Å². The van der Waals surface area contributed by atoms with Gasteiger partial charge >= 0.3 is 0 Å². The molecule has 10 heteroatoms. The van der Waals surface area contributed by atoms with Gasteiger partial charge in [0.05, 0.1) is 10.6 Å². The van der Waals surface area contributed by atoms with Gasteiger partial charge < -0.3 is 10.2 Å². The Hall–Kier alpha value is -3.43. The lowest BCUT2D eigenvalue weighted by Gasteiger charge is -2.34. The molecule has 1 aliphatic carbocycles. The molecular formula is C31H35ClFN3O4S. The van der Waals surface area contributed by atoms with E-state index in [1.807, 2.05) is 6.92 Å². The number of hydrogen-bond acceptors (Lipinski definition) is 4. The third-order valence-corrected chi connectivity index (χ3v) is 9.65. The summed E-state index contributed by atoms with van der Waals surface area (Å²) in [4.78, 5) is 29.0. The SMILES string of the molecule is CCC(C(=O)NC1CCCC1)N(Cc1ccc(F)cc1)C(=O)CN(c1cccc(Cl)c1C)S(=O)(=O)c1ccccc1. The smallest absolute Gasteiger partial charge is 0.264 e. The summed E-state index contributed by atoms with van der Waals surface area (Å²) in [6.45, 7) is 2.94. The summed E-state index contributed by atoms with van der Waals surface area (Å²) < 4.78 is 42.6. The molecule has 218 valence electrons. The Balaban J connectivity index is 1.73. The van der Waals surface area contributed by atoms with Crippen molar-refractivity contribution in [1.29, 1.82) is 0 Å². The molecule has 0 saturated heterocycles. The van der Waals surface area contributed by atoms with Crippen molar-refractivity contribution >= 4 is 39.1 Å². The van der Waals surface area contributed by atoms with Crippen molar-refractivity contribution in [1.82, 2.24) is 10.2 Å². The largest absolute Gasteiger partial charge is 0.352 e. The minimum absolute atomic E-state index is 0.00343. The highest BCUT2D eigenvalue weighted by Crippen LogP contribution is 2.31. The zero-order chi connectivity index (χ0) is 29.6. The minimum atomic E-state index is -4.19. The third-order valence-electron chi connectivity index (χ3n) is 7.47. The fourth-order valence-electron chi connectivity index (χ4n) is 5.17. The number of nitrogens with zero attached hydrogens (tertiary/aromatic N) is 2. The first kappa shape index (κ1) is 30.5. The maximum atomic E-state index is 14.1. The molecule has 0 aromatic heterocycles. The summed E-state index contributed by atoms with van der Waals surface area (Å²) >= 11 is 6.37. The number of halogens is 2. The number of hydrogen-bond donors (Lipinski definition) is 1. The van der Waals surface area contributed by atoms with Crippen molar-refractivity contribution < 1.29 is 22.4 Å². The predicted octanol–water partition coefficient (Wildman–Crippen LogP) is 5.85. The number of carbonyl (C=O) groups excluding carboxylic acids is 2. The summed E-state index contributed by atoms with van der Waals surface area (Å²) in [7, 11) is -4.19. The van der Waals surface area contributed by atoms with E-state index in [-0.39, 0.29) is 29.1 Å². The van der Waals surface area contributed by atoms with Gasteiger partial charge in [-0.1, -0.05) is 67.8 Å². The van der Waals surface area contributed by atoms with Gasteiger partial charge in [0, 0.05) is 17.6 Å². The second kappa shape index (κ2) is 13.5. The van der Waals surface area contributed by atoms with Crippen molar-refractivity contribution in [2.75, 3.05) is 10.8 Å². The molecule has 4 rings (SSSR count). The fraction of sp³-hybridized carbons (Fsp3) is 0.355. The van der Waals surface area contributed by atoms with Crippen LogP contribution in [0.25, 0.3) is 0 Å². The van der Waals surface area contributed by atoms with E-state index >= 15 is 0 Å². The highest BCUT2D eigenvalue weighted by Gasteiger charge is 2.35. The zero-order valence-corrected chi connectivity index (χ0v) is 24.8. The lowest BCUT2D eigenvalue weighted by Crippen LogP contribution is -2.53. The minimum Gasteiger partial charge on any atom is -0.352 e. The lowest BCUT2D eigenvalue weighted by atomic mass is 10.1. The van der Waals surface area contributed by atoms with Gasteiger partial charge in [0.25, 0.3) is 10.0 Å². The van der Waals surface area contributed by atoms with Gasteiger partial charge in [0.15, 0.2) is 0 Å². The summed E-state index contributed by atoms with van der Waals surface area (Å²) in [5.41, 5.74) is 1.38. The summed E-state index contributed by atoms with van der Waals surface area (Å²) in [6.07, 6.45) is 4.14. The van der Waals surface area contributed by atoms with E-state index < -0.39 is 34.3 Å². The number of benzene rings is 3. The van der Waals surface area contributed by atoms with Crippen LogP contribution in [-0.2, 0) is 26.2 Å². The number of rotatable bonds is 11. The van der Waals surface area contributed by atoms with E-state index in [1.165, 1.54) is 29.2 Å². The summed E-state index contributed by atoms with van der Waals surface area (Å²) in [5, 5.41) is 3.43. The molecule has 0 spiro atoms. The lowest BCUT2D eigenvalue weighted by molar-refractivity contribution is -0.140. The number of anilines is 1. The van der Waals surface area contributed by atoms with Crippen LogP contribution in [0.5, 0.6) is 0 Å². The van der Waals surface area contributed by atoms with E-state index in [0.29, 0.717) is 22.6 Å². The summed E-state index contributed by atoms with van der Waals surface area (Å²) in [5.74, 6) is -1.28. The number of nitrogens with one attached hydrogen (secondary N) is 1. The van der Waals surface area contributed by atoms with Crippen molar-refractivity contribution in [3.8, 4) is 0 Å². The van der Waals surface area contributed by atoms with Crippen LogP contribution in [-0.4, -0.2) is 43.8 Å². The molecule has 0 heterocycles. The van der Waals surface area contributed by atoms with Gasteiger partial charge in [-0.2, -0.15) is 0 Å². The van der Waals surface area contributed by atoms with Crippen LogP contribution in [0.3, 0.4) is 0 Å². The van der Waals surface area contributed by atoms with Crippen molar-refractivity contribution in [2.45, 2.75) is 69.5 Å². The van der Waals surface area contributed by atoms with E-state index in [9.17, 15) is 22.4 Å². The first-order valence-electron chi connectivity index (χ1n) is 13.8. The van der Waals surface area contributed by atoms with Crippen molar-refractivity contribution in [2.24, 2.45) is 0 Å². The second-order valence-corrected chi connectivity index (χ2v) is 12.5. The Kier molecular flexibility index (Phi) is 10.0. The Labute approximate surface area is 246 Å². The van der Waals surface area contributed by atoms with Gasteiger partial charge in [-0.3, -0.25) is 13.9 Å². The third kappa shape index (κ3) is 7.26. The Morgan fingerprint density at radius 3 is 2.29 bits per heavy atom. The Morgan fingerprint density at radius 2 is 1.66 bits per heavy atom. The molecule has 0 bridgehead atoms. The molecule has 1 fully saturated rings. The predicted molar refractivity (Wildman–Crippen MR) is 159 cm³/mol. The molecular weight excluding hydrogens is 565 g/mol. The Bertz CT molecular complexity index is 1460. The van der Waals surface area contributed by atoms with Crippen LogP contribution in [0, 0.1) is 12.7 Å². The van der Waals surface area contributed by atoms with Gasteiger partial charge in [0.1, 0.15) is 18.4 Å². The zero-order valence-electron chi connectivity index (χ0n) is 23.2. The molecule has 1 atom stereocenters. The van der Waals surface area contributed by atoms with Crippen molar-refractivity contribution in [3.05, 3.63) is 94.8 Å². The Morgan fingerprint density at radius 1 is 1.00 bits per heavy atom. The topological polar surface area (TPSA) is 86.8 Å². The molecule has 1 aliphatic rings. The van der Waals surface area contributed by atoms with Crippen LogP contribution in [0.15, 0.2) is 77.7 Å². The fourth-order valence-corrected chi connectivity index (χ4v) is 6.84. The van der Waals surface area contributed by atoms with E-state index in [1.54, 1.807) is 55.5 Å². The van der Waals surface area contributed by atoms with E-state index in [4.69, 9.17) is 11.6 Å². The first-order chi connectivity index (χ1) is 19.6. The maximum Gasteiger partial charge on any atom is 0.264 e. The molecule has 3 aromatic carbocycles. The maximum absolute atomic E-state index is 14.1. The monoisotopic (exact) mass is 599 g/mol. The first-order valence-corrected chi connectivity index (χ1v) is 15.6. The van der Waals surface area contributed by atoms with Gasteiger partial charge in [0.2, 0.25) is 11.8 Å². The van der Waals surface area contributed by atoms with Crippen molar-refractivity contribution in [3.63, 3.8) is 0 Å². The number of amides is 2. The van der Waals surface area contributed by atoms with Crippen LogP contribution < -0.4 is 9.62 Å². The van der Waals surface area contributed by atoms with Crippen LogP contribution in [0.1, 0.15) is 50.2 Å². The molecule has 0 aliphatic heterocycles. The van der Waals surface area contributed by atoms with Crippen LogP contribution >= 0.6 is 11.6 Å². The molecule has 1 N–H and O–H groups in total. The van der Waals surface area contributed by atoms with E-state index in [2.05, 4.69) is 5.32 Å². The highest BCUT2D eigenvalue weighted by atomic mass is 35.5.